The van der Waals surface area contributed by atoms with Crippen LogP contribution in [-0.2, 0) is 6.54 Å². The number of aromatic nitrogens is 2. The third-order valence-corrected chi connectivity index (χ3v) is 2.83. The molecule has 2 rings (SSSR count). The maximum absolute atomic E-state index is 4.19. The maximum atomic E-state index is 4.19. The van der Waals surface area contributed by atoms with Crippen molar-refractivity contribution in [3.05, 3.63) is 48.0 Å². The highest BCUT2D eigenvalue weighted by atomic mass is 15.1. The van der Waals surface area contributed by atoms with Crippen LogP contribution in [0.3, 0.4) is 0 Å². The second-order valence-electron chi connectivity index (χ2n) is 4.45. The van der Waals surface area contributed by atoms with E-state index in [1.54, 1.807) is 12.5 Å². The summed E-state index contributed by atoms with van der Waals surface area (Å²) < 4.78 is 0. The predicted octanol–water partition coefficient (Wildman–Crippen LogP) is 2.46. The Kier molecular flexibility index (Phi) is 3.77. The number of benzene rings is 1. The predicted molar refractivity (Wildman–Crippen MR) is 74.9 cm³/mol. The molecule has 0 fully saturated rings. The fourth-order valence-corrected chi connectivity index (χ4v) is 1.73. The number of nitrogens with zero attached hydrogens (tertiary/aromatic N) is 3. The van der Waals surface area contributed by atoms with Gasteiger partial charge in [0, 0.05) is 31.7 Å². The number of aryl methyl sites for hydroxylation is 1. The lowest BCUT2D eigenvalue weighted by molar-refractivity contribution is 1.00. The van der Waals surface area contributed by atoms with E-state index in [2.05, 4.69) is 45.3 Å². The number of rotatable bonds is 4. The van der Waals surface area contributed by atoms with Crippen LogP contribution in [0.2, 0.25) is 0 Å². The summed E-state index contributed by atoms with van der Waals surface area (Å²) in [6, 6.07) is 8.29. The minimum Gasteiger partial charge on any atom is -0.379 e. The van der Waals surface area contributed by atoms with E-state index in [1.807, 2.05) is 20.2 Å². The molecule has 4 heteroatoms. The standard InChI is InChI=1S/C14H18N4/c1-11-8-13(18(2)3)4-5-14(11)16-9-12-6-7-15-10-17-12/h4-8,10,16H,9H2,1-3H3. The molecule has 0 saturated carbocycles. The summed E-state index contributed by atoms with van der Waals surface area (Å²) in [6.45, 7) is 2.82. The monoisotopic (exact) mass is 242 g/mol. The van der Waals surface area contributed by atoms with Gasteiger partial charge >= 0.3 is 0 Å². The first-order chi connectivity index (χ1) is 8.66. The van der Waals surface area contributed by atoms with Crippen LogP contribution in [0.25, 0.3) is 0 Å². The molecule has 0 radical (unpaired) electrons. The van der Waals surface area contributed by atoms with Crippen molar-refractivity contribution in [1.29, 1.82) is 0 Å². The molecule has 0 aliphatic heterocycles. The second kappa shape index (κ2) is 5.49. The fourth-order valence-electron chi connectivity index (χ4n) is 1.73. The number of nitrogens with one attached hydrogen (secondary N) is 1. The average molecular weight is 242 g/mol. The van der Waals surface area contributed by atoms with E-state index in [0.717, 1.165) is 11.4 Å². The van der Waals surface area contributed by atoms with Gasteiger partial charge in [0.1, 0.15) is 6.33 Å². The van der Waals surface area contributed by atoms with Crippen LogP contribution >= 0.6 is 0 Å². The third-order valence-electron chi connectivity index (χ3n) is 2.83. The molecule has 0 unspecified atom stereocenters. The lowest BCUT2D eigenvalue weighted by Crippen LogP contribution is -2.09. The minimum atomic E-state index is 0.713. The van der Waals surface area contributed by atoms with E-state index in [-0.39, 0.29) is 0 Å². The van der Waals surface area contributed by atoms with E-state index in [1.165, 1.54) is 11.3 Å². The highest BCUT2D eigenvalue weighted by Gasteiger charge is 2.01. The molecule has 0 atom stereocenters. The van der Waals surface area contributed by atoms with Gasteiger partial charge in [-0.05, 0) is 36.8 Å². The maximum Gasteiger partial charge on any atom is 0.115 e. The molecular formula is C14H18N4. The van der Waals surface area contributed by atoms with Crippen LogP contribution in [0.4, 0.5) is 11.4 Å². The Balaban J connectivity index is 2.06. The Labute approximate surface area is 108 Å². The molecule has 0 amide bonds. The lowest BCUT2D eigenvalue weighted by Gasteiger charge is -2.15. The zero-order chi connectivity index (χ0) is 13.0. The molecule has 2 aromatic rings. The minimum absolute atomic E-state index is 0.713. The molecule has 4 nitrogen and oxygen atoms in total. The van der Waals surface area contributed by atoms with E-state index in [4.69, 9.17) is 0 Å². The van der Waals surface area contributed by atoms with Crippen LogP contribution < -0.4 is 10.2 Å². The summed E-state index contributed by atoms with van der Waals surface area (Å²) >= 11 is 0. The van der Waals surface area contributed by atoms with Crippen LogP contribution in [0.5, 0.6) is 0 Å². The number of hydrogen-bond donors (Lipinski definition) is 1. The molecular weight excluding hydrogens is 224 g/mol. The Morgan fingerprint density at radius 1 is 1.22 bits per heavy atom. The first-order valence-corrected chi connectivity index (χ1v) is 5.93. The quantitative estimate of drug-likeness (QED) is 0.894. The van der Waals surface area contributed by atoms with Crippen LogP contribution in [-0.4, -0.2) is 24.1 Å². The van der Waals surface area contributed by atoms with Crippen molar-refractivity contribution >= 4 is 11.4 Å². The zero-order valence-corrected chi connectivity index (χ0v) is 11.0. The lowest BCUT2D eigenvalue weighted by atomic mass is 10.1. The van der Waals surface area contributed by atoms with Crippen molar-refractivity contribution < 1.29 is 0 Å². The molecule has 0 bridgehead atoms. The van der Waals surface area contributed by atoms with Crippen molar-refractivity contribution in [3.8, 4) is 0 Å². The zero-order valence-electron chi connectivity index (χ0n) is 11.0. The summed E-state index contributed by atoms with van der Waals surface area (Å²) in [6.07, 6.45) is 3.32. The highest BCUT2D eigenvalue weighted by molar-refractivity contribution is 5.59. The third kappa shape index (κ3) is 2.97. The van der Waals surface area contributed by atoms with Crippen molar-refractivity contribution in [2.24, 2.45) is 0 Å². The summed E-state index contributed by atoms with van der Waals surface area (Å²) in [5.74, 6) is 0. The number of hydrogen-bond acceptors (Lipinski definition) is 4. The Morgan fingerprint density at radius 2 is 2.06 bits per heavy atom. The molecule has 94 valence electrons. The highest BCUT2D eigenvalue weighted by Crippen LogP contribution is 2.21. The molecule has 0 aliphatic carbocycles. The first kappa shape index (κ1) is 12.4. The SMILES string of the molecule is Cc1cc(N(C)C)ccc1NCc1ccncn1. The molecule has 1 aromatic heterocycles. The molecule has 1 aromatic carbocycles. The van der Waals surface area contributed by atoms with Gasteiger partial charge in [-0.15, -0.1) is 0 Å². The van der Waals surface area contributed by atoms with Crippen molar-refractivity contribution in [2.45, 2.75) is 13.5 Å². The smallest absolute Gasteiger partial charge is 0.115 e. The Morgan fingerprint density at radius 3 is 2.67 bits per heavy atom. The van der Waals surface area contributed by atoms with Gasteiger partial charge in [-0.3, -0.25) is 0 Å². The van der Waals surface area contributed by atoms with Gasteiger partial charge < -0.3 is 10.2 Å². The molecule has 18 heavy (non-hydrogen) atoms. The van der Waals surface area contributed by atoms with E-state index >= 15 is 0 Å². The molecule has 1 N–H and O–H groups in total. The van der Waals surface area contributed by atoms with Crippen molar-refractivity contribution in [1.82, 2.24) is 9.97 Å². The van der Waals surface area contributed by atoms with Gasteiger partial charge in [0.15, 0.2) is 0 Å². The molecule has 0 spiro atoms. The average Bonchev–Trinajstić information content (AvgIpc) is 2.38. The largest absolute Gasteiger partial charge is 0.379 e. The fraction of sp³-hybridized carbons (Fsp3) is 0.286. The van der Waals surface area contributed by atoms with Crippen LogP contribution in [0.1, 0.15) is 11.3 Å². The Hall–Kier alpha value is -2.10. The van der Waals surface area contributed by atoms with E-state index in [9.17, 15) is 0 Å². The van der Waals surface area contributed by atoms with E-state index < -0.39 is 0 Å². The van der Waals surface area contributed by atoms with E-state index in [0.29, 0.717) is 6.54 Å². The van der Waals surface area contributed by atoms with Gasteiger partial charge in [0.05, 0.1) is 12.2 Å². The van der Waals surface area contributed by atoms with Gasteiger partial charge in [0.2, 0.25) is 0 Å². The van der Waals surface area contributed by atoms with Gasteiger partial charge in [-0.2, -0.15) is 0 Å². The summed E-state index contributed by atoms with van der Waals surface area (Å²) in [5, 5.41) is 3.39. The van der Waals surface area contributed by atoms with Crippen LogP contribution in [0, 0.1) is 6.92 Å². The first-order valence-electron chi connectivity index (χ1n) is 5.93. The summed E-state index contributed by atoms with van der Waals surface area (Å²) in [4.78, 5) is 10.2. The van der Waals surface area contributed by atoms with Crippen molar-refractivity contribution in [3.63, 3.8) is 0 Å². The number of anilines is 2. The molecule has 0 saturated heterocycles. The normalized spacial score (nSPS) is 10.2. The Bertz CT molecular complexity index is 508. The molecule has 1 heterocycles. The summed E-state index contributed by atoms with van der Waals surface area (Å²) in [7, 11) is 4.09. The van der Waals surface area contributed by atoms with Gasteiger partial charge in [-0.1, -0.05) is 0 Å². The summed E-state index contributed by atoms with van der Waals surface area (Å²) in [5.41, 5.74) is 4.57. The molecule has 0 aliphatic rings. The van der Waals surface area contributed by atoms with Crippen molar-refractivity contribution in [2.75, 3.05) is 24.3 Å². The van der Waals surface area contributed by atoms with Crippen LogP contribution in [0.15, 0.2) is 36.8 Å². The van der Waals surface area contributed by atoms with Gasteiger partial charge in [0.25, 0.3) is 0 Å². The topological polar surface area (TPSA) is 41.0 Å². The second-order valence-corrected chi connectivity index (χ2v) is 4.45. The van der Waals surface area contributed by atoms with Gasteiger partial charge in [-0.25, -0.2) is 9.97 Å².